The topological polar surface area (TPSA) is 25.8 Å². The maximum atomic E-state index is 3.62. The first-order chi connectivity index (χ1) is 2.50. The standard InChI is InChI=1S/C2H3N2P/c1-2-5-4-3-1/h1-2,5H. The molecular weight excluding hydrogens is 83.0 g/mol. The van der Waals surface area contributed by atoms with E-state index in [0.29, 0.717) is 8.35 Å². The molecule has 0 aliphatic heterocycles. The third-order valence-corrected chi connectivity index (χ3v) is 0.860. The van der Waals surface area contributed by atoms with E-state index in [1.165, 1.54) is 0 Å². The summed E-state index contributed by atoms with van der Waals surface area (Å²) in [6.45, 7) is 0. The fourth-order valence-electron chi connectivity index (χ4n) is 0.167. The normalized spacial score (nSPS) is 9.60. The molecule has 2 nitrogen and oxygen atoms in total. The summed E-state index contributed by atoms with van der Waals surface area (Å²) < 4.78 is 0. The third-order valence-electron chi connectivity index (χ3n) is 0.331. The number of aromatic nitrogens is 2. The van der Waals surface area contributed by atoms with Crippen molar-refractivity contribution in [2.45, 2.75) is 0 Å². The Labute approximate surface area is 31.4 Å². The SMILES string of the molecule is c1c[pH]nn1. The van der Waals surface area contributed by atoms with Gasteiger partial charge in [0.25, 0.3) is 0 Å². The Morgan fingerprint density at radius 1 is 1.60 bits per heavy atom. The van der Waals surface area contributed by atoms with Crippen LogP contribution in [0.4, 0.5) is 0 Å². The van der Waals surface area contributed by atoms with E-state index in [0.717, 1.165) is 0 Å². The van der Waals surface area contributed by atoms with Crippen LogP contribution in [0.15, 0.2) is 12.0 Å². The van der Waals surface area contributed by atoms with Crippen molar-refractivity contribution in [1.82, 2.24) is 9.96 Å². The summed E-state index contributed by atoms with van der Waals surface area (Å²) in [5.41, 5.74) is 0. The van der Waals surface area contributed by atoms with Gasteiger partial charge in [-0.05, 0) is 14.1 Å². The molecular formula is C2H3N2P. The highest BCUT2D eigenvalue weighted by Crippen LogP contribution is 1.88. The summed E-state index contributed by atoms with van der Waals surface area (Å²) in [7, 11) is 0.586. The molecule has 0 radical (unpaired) electrons. The zero-order valence-electron chi connectivity index (χ0n) is 2.55. The van der Waals surface area contributed by atoms with Gasteiger partial charge in [0.15, 0.2) is 0 Å². The second-order valence-corrected chi connectivity index (χ2v) is 1.45. The van der Waals surface area contributed by atoms with Gasteiger partial charge in [-0.3, -0.25) is 0 Å². The molecule has 1 aromatic heterocycles. The van der Waals surface area contributed by atoms with Gasteiger partial charge in [-0.2, -0.15) is 5.10 Å². The van der Waals surface area contributed by atoms with Crippen molar-refractivity contribution in [3.8, 4) is 0 Å². The first-order valence-corrected chi connectivity index (χ1v) is 2.33. The lowest BCUT2D eigenvalue weighted by Crippen LogP contribution is -1.50. The molecule has 0 amide bonds. The van der Waals surface area contributed by atoms with Crippen LogP contribution in [0, 0.1) is 0 Å². The molecule has 0 saturated carbocycles. The van der Waals surface area contributed by atoms with Crippen LogP contribution in [0.3, 0.4) is 0 Å². The van der Waals surface area contributed by atoms with Crippen molar-refractivity contribution in [2.75, 3.05) is 0 Å². The Bertz CT molecular complexity index is 64.1. The molecule has 1 heterocycles. The van der Waals surface area contributed by atoms with E-state index in [2.05, 4.69) is 9.96 Å². The molecule has 1 aromatic rings. The van der Waals surface area contributed by atoms with E-state index in [-0.39, 0.29) is 0 Å². The number of rotatable bonds is 0. The third kappa shape index (κ3) is 0.455. The molecule has 0 aliphatic carbocycles. The predicted molar refractivity (Wildman–Crippen MR) is 21.5 cm³/mol. The van der Waals surface area contributed by atoms with Gasteiger partial charge in [0.1, 0.15) is 0 Å². The van der Waals surface area contributed by atoms with Crippen LogP contribution in [-0.4, -0.2) is 9.96 Å². The van der Waals surface area contributed by atoms with Crippen molar-refractivity contribution >= 4 is 8.35 Å². The lowest BCUT2D eigenvalue weighted by Gasteiger charge is -1.43. The first kappa shape index (κ1) is 2.86. The first-order valence-electron chi connectivity index (χ1n) is 1.30. The number of nitrogens with zero attached hydrogens (tertiary/aromatic N) is 2. The fourth-order valence-corrected chi connectivity index (χ4v) is 0.500. The average molecular weight is 86.0 g/mol. The van der Waals surface area contributed by atoms with Crippen LogP contribution in [0.1, 0.15) is 0 Å². The fraction of sp³-hybridized carbons (Fsp3) is 0. The summed E-state index contributed by atoms with van der Waals surface area (Å²) >= 11 is 0. The molecule has 0 bridgehead atoms. The molecule has 1 atom stereocenters. The molecule has 0 aliphatic rings. The maximum absolute atomic E-state index is 3.62. The minimum absolute atomic E-state index is 0.586. The van der Waals surface area contributed by atoms with E-state index in [9.17, 15) is 0 Å². The van der Waals surface area contributed by atoms with Gasteiger partial charge in [0.05, 0.1) is 6.20 Å². The van der Waals surface area contributed by atoms with Gasteiger partial charge in [0, 0.05) is 0 Å². The maximum Gasteiger partial charge on any atom is 0.0550 e. The highest BCUT2D eigenvalue weighted by atomic mass is 31.0. The second kappa shape index (κ2) is 1.18. The van der Waals surface area contributed by atoms with Crippen molar-refractivity contribution in [2.24, 2.45) is 0 Å². The molecule has 0 saturated heterocycles. The van der Waals surface area contributed by atoms with Crippen LogP contribution >= 0.6 is 8.35 Å². The van der Waals surface area contributed by atoms with E-state index in [1.54, 1.807) is 6.20 Å². The zero-order chi connectivity index (χ0) is 3.54. The average Bonchev–Trinajstić information content (AvgIpc) is 1.76. The number of hydrogen-bond donors (Lipinski definition) is 0. The number of hydrogen-bond acceptors (Lipinski definition) is 2. The zero-order valence-corrected chi connectivity index (χ0v) is 3.55. The Hall–Kier alpha value is -0.360. The van der Waals surface area contributed by atoms with E-state index in [1.807, 2.05) is 5.80 Å². The second-order valence-electron chi connectivity index (χ2n) is 0.660. The van der Waals surface area contributed by atoms with Crippen LogP contribution in [0.5, 0.6) is 0 Å². The Morgan fingerprint density at radius 2 is 2.60 bits per heavy atom. The minimum atomic E-state index is 0.586. The lowest BCUT2D eigenvalue weighted by molar-refractivity contribution is 1.16. The minimum Gasteiger partial charge on any atom is -0.155 e. The highest BCUT2D eigenvalue weighted by molar-refractivity contribution is 7.24. The van der Waals surface area contributed by atoms with Gasteiger partial charge < -0.3 is 0 Å². The molecule has 1 unspecified atom stereocenters. The summed E-state index contributed by atoms with van der Waals surface area (Å²) in [5, 5.41) is 3.54. The molecule has 0 fully saturated rings. The summed E-state index contributed by atoms with van der Waals surface area (Å²) in [4.78, 5) is 3.62. The van der Waals surface area contributed by atoms with Crippen LogP contribution in [0.25, 0.3) is 0 Å². The van der Waals surface area contributed by atoms with Gasteiger partial charge in [0.2, 0.25) is 0 Å². The van der Waals surface area contributed by atoms with Gasteiger partial charge >= 0.3 is 0 Å². The summed E-state index contributed by atoms with van der Waals surface area (Å²) in [6.07, 6.45) is 1.71. The van der Waals surface area contributed by atoms with Crippen LogP contribution in [0.2, 0.25) is 0 Å². The van der Waals surface area contributed by atoms with Crippen molar-refractivity contribution in [3.63, 3.8) is 0 Å². The lowest BCUT2D eigenvalue weighted by atomic mass is 11.1. The molecule has 0 N–H and O–H groups in total. The van der Waals surface area contributed by atoms with Crippen LogP contribution in [-0.2, 0) is 0 Å². The Morgan fingerprint density at radius 3 is 2.80 bits per heavy atom. The molecule has 0 spiro atoms. The molecule has 0 aromatic carbocycles. The monoisotopic (exact) mass is 86.0 g/mol. The van der Waals surface area contributed by atoms with Crippen molar-refractivity contribution in [3.05, 3.63) is 12.0 Å². The highest BCUT2D eigenvalue weighted by Gasteiger charge is 1.59. The van der Waals surface area contributed by atoms with E-state index < -0.39 is 0 Å². The van der Waals surface area contributed by atoms with Gasteiger partial charge in [-0.15, -0.1) is 4.86 Å². The molecule has 26 valence electrons. The van der Waals surface area contributed by atoms with Crippen LogP contribution < -0.4 is 0 Å². The Balaban J connectivity index is 3.13. The molecule has 1 rings (SSSR count). The largest absolute Gasteiger partial charge is 0.155 e. The van der Waals surface area contributed by atoms with E-state index in [4.69, 9.17) is 0 Å². The van der Waals surface area contributed by atoms with Gasteiger partial charge in [-0.25, -0.2) is 0 Å². The predicted octanol–water partition coefficient (Wildman–Crippen LogP) is 0.508. The summed E-state index contributed by atoms with van der Waals surface area (Å²) in [6, 6.07) is 0. The van der Waals surface area contributed by atoms with Crippen molar-refractivity contribution < 1.29 is 0 Å². The van der Waals surface area contributed by atoms with Crippen molar-refractivity contribution in [1.29, 1.82) is 0 Å². The smallest absolute Gasteiger partial charge is 0.0550 e. The van der Waals surface area contributed by atoms with E-state index >= 15 is 0 Å². The molecule has 3 heteroatoms. The van der Waals surface area contributed by atoms with Gasteiger partial charge in [-0.1, -0.05) is 0 Å². The summed E-state index contributed by atoms with van der Waals surface area (Å²) in [5.74, 6) is 1.93. The Kier molecular flexibility index (Phi) is 0.673. The quantitative estimate of drug-likeness (QED) is 0.459. The molecule has 5 heavy (non-hydrogen) atoms.